The number of benzene rings is 1. The number of rotatable bonds is 4. The number of thioether (sulfide) groups is 1. The maximum absolute atomic E-state index is 4.89. The van der Waals surface area contributed by atoms with E-state index in [9.17, 15) is 0 Å². The van der Waals surface area contributed by atoms with Crippen LogP contribution >= 0.6 is 11.8 Å². The number of nitrogens with one attached hydrogen (secondary N) is 1. The molecule has 3 nitrogen and oxygen atoms in total. The van der Waals surface area contributed by atoms with Gasteiger partial charge in [0.2, 0.25) is 0 Å². The van der Waals surface area contributed by atoms with Crippen LogP contribution in [0, 0.1) is 0 Å². The molecule has 2 aliphatic rings. The molecule has 0 atom stereocenters. The summed E-state index contributed by atoms with van der Waals surface area (Å²) in [5.41, 5.74) is 5.60. The lowest BCUT2D eigenvalue weighted by Gasteiger charge is -2.22. The quantitative estimate of drug-likeness (QED) is 0.660. The molecule has 0 saturated carbocycles. The van der Waals surface area contributed by atoms with Crippen molar-refractivity contribution >= 4 is 17.6 Å². The summed E-state index contributed by atoms with van der Waals surface area (Å²) in [5, 5.41) is 5.21. The van der Waals surface area contributed by atoms with Crippen molar-refractivity contribution in [2.75, 3.05) is 5.32 Å². The third kappa shape index (κ3) is 3.30. The zero-order chi connectivity index (χ0) is 16.5. The number of anilines is 1. The SMILES string of the molecule is CC(C)Sc1nc2c(c(NC3Cc4ccccc4C3)n1)CCCC2. The summed E-state index contributed by atoms with van der Waals surface area (Å²) in [5.74, 6) is 1.10. The van der Waals surface area contributed by atoms with Crippen molar-refractivity contribution in [2.45, 2.75) is 68.8 Å². The molecule has 0 unspecified atom stereocenters. The van der Waals surface area contributed by atoms with Crippen LogP contribution in [0.5, 0.6) is 0 Å². The minimum Gasteiger partial charge on any atom is -0.366 e. The van der Waals surface area contributed by atoms with Gasteiger partial charge < -0.3 is 5.32 Å². The molecule has 1 aromatic heterocycles. The maximum atomic E-state index is 4.89. The first-order chi connectivity index (χ1) is 11.7. The minimum atomic E-state index is 0.459. The highest BCUT2D eigenvalue weighted by Crippen LogP contribution is 2.31. The topological polar surface area (TPSA) is 37.8 Å². The number of hydrogen-bond donors (Lipinski definition) is 1. The van der Waals surface area contributed by atoms with Gasteiger partial charge in [0.05, 0.1) is 5.69 Å². The molecule has 4 heteroatoms. The number of nitrogens with zero attached hydrogens (tertiary/aromatic N) is 2. The Kier molecular flexibility index (Phi) is 4.49. The Bertz CT molecular complexity index is 717. The Balaban J connectivity index is 1.60. The van der Waals surface area contributed by atoms with Crippen molar-refractivity contribution in [1.29, 1.82) is 0 Å². The van der Waals surface area contributed by atoms with Crippen LogP contribution in [0.15, 0.2) is 29.4 Å². The molecule has 24 heavy (non-hydrogen) atoms. The Morgan fingerprint density at radius 3 is 2.46 bits per heavy atom. The van der Waals surface area contributed by atoms with E-state index >= 15 is 0 Å². The van der Waals surface area contributed by atoms with Gasteiger partial charge in [-0.3, -0.25) is 0 Å². The molecule has 0 radical (unpaired) electrons. The predicted octanol–water partition coefficient (Wildman–Crippen LogP) is 4.44. The number of aryl methyl sites for hydroxylation is 1. The van der Waals surface area contributed by atoms with Gasteiger partial charge in [0.1, 0.15) is 5.82 Å². The van der Waals surface area contributed by atoms with Crippen LogP contribution in [0.3, 0.4) is 0 Å². The van der Waals surface area contributed by atoms with E-state index in [1.807, 2.05) is 0 Å². The van der Waals surface area contributed by atoms with E-state index < -0.39 is 0 Å². The summed E-state index contributed by atoms with van der Waals surface area (Å²) in [7, 11) is 0. The second kappa shape index (κ2) is 6.75. The van der Waals surface area contributed by atoms with E-state index in [2.05, 4.69) is 43.4 Å². The monoisotopic (exact) mass is 339 g/mol. The van der Waals surface area contributed by atoms with Crippen LogP contribution in [-0.2, 0) is 25.7 Å². The Hall–Kier alpha value is -1.55. The molecule has 0 fully saturated rings. The zero-order valence-corrected chi connectivity index (χ0v) is 15.3. The van der Waals surface area contributed by atoms with Gasteiger partial charge in [-0.25, -0.2) is 9.97 Å². The molecule has 0 amide bonds. The van der Waals surface area contributed by atoms with E-state index in [0.717, 1.165) is 36.7 Å². The summed E-state index contributed by atoms with van der Waals surface area (Å²) >= 11 is 1.77. The molecule has 1 aromatic carbocycles. The maximum Gasteiger partial charge on any atom is 0.190 e. The highest BCUT2D eigenvalue weighted by molar-refractivity contribution is 7.99. The van der Waals surface area contributed by atoms with E-state index in [-0.39, 0.29) is 0 Å². The first kappa shape index (κ1) is 15.9. The van der Waals surface area contributed by atoms with Gasteiger partial charge in [-0.1, -0.05) is 49.9 Å². The molecule has 0 bridgehead atoms. The van der Waals surface area contributed by atoms with Crippen LogP contribution in [0.4, 0.5) is 5.82 Å². The Morgan fingerprint density at radius 1 is 1.04 bits per heavy atom. The van der Waals surface area contributed by atoms with Crippen LogP contribution in [0.2, 0.25) is 0 Å². The highest BCUT2D eigenvalue weighted by Gasteiger charge is 2.24. The number of fused-ring (bicyclic) bond motifs is 2. The van der Waals surface area contributed by atoms with Crippen molar-refractivity contribution in [1.82, 2.24) is 9.97 Å². The van der Waals surface area contributed by atoms with Crippen LogP contribution in [-0.4, -0.2) is 21.3 Å². The lowest BCUT2D eigenvalue weighted by molar-refractivity contribution is 0.646. The van der Waals surface area contributed by atoms with Gasteiger partial charge in [0.25, 0.3) is 0 Å². The van der Waals surface area contributed by atoms with E-state index in [1.54, 1.807) is 11.8 Å². The molecule has 1 N–H and O–H groups in total. The third-order valence-electron chi connectivity index (χ3n) is 4.90. The lowest BCUT2D eigenvalue weighted by atomic mass is 9.96. The second-order valence-corrected chi connectivity index (χ2v) is 8.72. The van der Waals surface area contributed by atoms with E-state index in [4.69, 9.17) is 9.97 Å². The fourth-order valence-electron chi connectivity index (χ4n) is 3.81. The fraction of sp³-hybridized carbons (Fsp3) is 0.500. The Morgan fingerprint density at radius 2 is 1.75 bits per heavy atom. The van der Waals surface area contributed by atoms with Crippen LogP contribution in [0.25, 0.3) is 0 Å². The standard InChI is InChI=1S/C20H25N3S/c1-13(2)24-20-22-18-10-6-5-9-17(18)19(23-20)21-16-11-14-7-3-4-8-15(14)12-16/h3-4,7-8,13,16H,5-6,9-12H2,1-2H3,(H,21,22,23). The smallest absolute Gasteiger partial charge is 0.190 e. The Labute approximate surface area is 148 Å². The summed E-state index contributed by atoms with van der Waals surface area (Å²) in [4.78, 5) is 9.73. The van der Waals surface area contributed by atoms with Crippen molar-refractivity contribution in [3.05, 3.63) is 46.6 Å². The van der Waals surface area contributed by atoms with Gasteiger partial charge in [0, 0.05) is 16.9 Å². The molecular formula is C20H25N3S. The molecular weight excluding hydrogens is 314 g/mol. The zero-order valence-electron chi connectivity index (χ0n) is 14.5. The van der Waals surface area contributed by atoms with Gasteiger partial charge in [-0.2, -0.15) is 0 Å². The van der Waals surface area contributed by atoms with E-state index in [0.29, 0.717) is 11.3 Å². The van der Waals surface area contributed by atoms with Crippen molar-refractivity contribution in [3.63, 3.8) is 0 Å². The van der Waals surface area contributed by atoms with Crippen molar-refractivity contribution in [2.24, 2.45) is 0 Å². The normalized spacial score (nSPS) is 17.0. The molecule has 2 aliphatic carbocycles. The van der Waals surface area contributed by atoms with Gasteiger partial charge in [0.15, 0.2) is 5.16 Å². The molecule has 0 spiro atoms. The minimum absolute atomic E-state index is 0.459. The van der Waals surface area contributed by atoms with Gasteiger partial charge >= 0.3 is 0 Å². The molecule has 0 aliphatic heterocycles. The number of aromatic nitrogens is 2. The van der Waals surface area contributed by atoms with Crippen LogP contribution in [0.1, 0.15) is 49.1 Å². The average Bonchev–Trinajstić information content (AvgIpc) is 2.96. The van der Waals surface area contributed by atoms with Crippen LogP contribution < -0.4 is 5.32 Å². The van der Waals surface area contributed by atoms with Crippen molar-refractivity contribution in [3.8, 4) is 0 Å². The molecule has 2 aromatic rings. The molecule has 0 saturated heterocycles. The average molecular weight is 340 g/mol. The third-order valence-corrected chi connectivity index (χ3v) is 5.76. The highest BCUT2D eigenvalue weighted by atomic mass is 32.2. The van der Waals surface area contributed by atoms with Gasteiger partial charge in [-0.15, -0.1) is 0 Å². The summed E-state index contributed by atoms with van der Waals surface area (Å²) in [6.45, 7) is 4.41. The molecule has 4 rings (SSSR count). The molecule has 126 valence electrons. The summed E-state index contributed by atoms with van der Waals surface area (Å²) < 4.78 is 0. The predicted molar refractivity (Wildman–Crippen MR) is 101 cm³/mol. The van der Waals surface area contributed by atoms with Crippen molar-refractivity contribution < 1.29 is 0 Å². The summed E-state index contributed by atoms with van der Waals surface area (Å²) in [6.07, 6.45) is 6.92. The number of hydrogen-bond acceptors (Lipinski definition) is 4. The van der Waals surface area contributed by atoms with Gasteiger partial charge in [-0.05, 0) is 49.7 Å². The molecule has 1 heterocycles. The lowest BCUT2D eigenvalue weighted by Crippen LogP contribution is -2.23. The first-order valence-electron chi connectivity index (χ1n) is 9.09. The first-order valence-corrected chi connectivity index (χ1v) is 9.97. The second-order valence-electron chi connectivity index (χ2n) is 7.17. The largest absolute Gasteiger partial charge is 0.366 e. The fourth-order valence-corrected chi connectivity index (χ4v) is 4.54. The van der Waals surface area contributed by atoms with E-state index in [1.165, 1.54) is 35.2 Å². The summed E-state index contributed by atoms with van der Waals surface area (Å²) in [6, 6.07) is 9.26.